The third-order valence-corrected chi connectivity index (χ3v) is 3.28. The quantitative estimate of drug-likeness (QED) is 0.710. The van der Waals surface area contributed by atoms with Gasteiger partial charge in [-0.15, -0.1) is 0 Å². The van der Waals surface area contributed by atoms with E-state index in [1.54, 1.807) is 6.33 Å². The number of imidazole rings is 1. The summed E-state index contributed by atoms with van der Waals surface area (Å²) in [6.45, 7) is 1.17. The van der Waals surface area contributed by atoms with Crippen LogP contribution in [0.5, 0.6) is 5.75 Å². The van der Waals surface area contributed by atoms with Gasteiger partial charge in [0.15, 0.2) is 0 Å². The van der Waals surface area contributed by atoms with Crippen molar-refractivity contribution in [1.82, 2.24) is 14.9 Å². The van der Waals surface area contributed by atoms with Gasteiger partial charge < -0.3 is 14.6 Å². The second kappa shape index (κ2) is 6.76. The zero-order chi connectivity index (χ0) is 15.2. The van der Waals surface area contributed by atoms with Crippen LogP contribution in [0.2, 0.25) is 0 Å². The lowest BCUT2D eigenvalue weighted by Gasteiger charge is -2.08. The zero-order valence-corrected chi connectivity index (χ0v) is 12.1. The van der Waals surface area contributed by atoms with Crippen LogP contribution in [-0.4, -0.2) is 28.6 Å². The van der Waals surface area contributed by atoms with Gasteiger partial charge in [0.25, 0.3) is 0 Å². The molecular formula is C17H17N3O2. The normalized spacial score (nSPS) is 10.5. The van der Waals surface area contributed by atoms with Gasteiger partial charge in [-0.1, -0.05) is 30.3 Å². The number of carbonyl (C=O) groups excluding carboxylic acids is 1. The van der Waals surface area contributed by atoms with Crippen molar-refractivity contribution in [2.75, 3.05) is 13.2 Å². The highest BCUT2D eigenvalue weighted by Gasteiger charge is 2.06. The number of aromatic nitrogens is 2. The highest BCUT2D eigenvalue weighted by Crippen LogP contribution is 2.11. The summed E-state index contributed by atoms with van der Waals surface area (Å²) in [6, 6.07) is 17.3. The SMILES string of the molecule is O=C(Cn1cnc2ccccc21)NCCOc1ccccc1. The van der Waals surface area contributed by atoms with Crippen molar-refractivity contribution in [2.45, 2.75) is 6.54 Å². The van der Waals surface area contributed by atoms with E-state index in [1.807, 2.05) is 59.2 Å². The lowest BCUT2D eigenvalue weighted by Crippen LogP contribution is -2.31. The molecule has 1 aromatic heterocycles. The first-order valence-electron chi connectivity index (χ1n) is 7.17. The van der Waals surface area contributed by atoms with E-state index in [0.29, 0.717) is 13.2 Å². The molecule has 5 nitrogen and oxygen atoms in total. The molecule has 0 aliphatic heterocycles. The molecule has 22 heavy (non-hydrogen) atoms. The summed E-state index contributed by atoms with van der Waals surface area (Å²) >= 11 is 0. The number of amides is 1. The number of carbonyl (C=O) groups is 1. The molecule has 0 fully saturated rings. The van der Waals surface area contributed by atoms with E-state index in [0.717, 1.165) is 16.8 Å². The van der Waals surface area contributed by atoms with Crippen LogP contribution in [0.25, 0.3) is 11.0 Å². The Bertz CT molecular complexity index is 753. The summed E-state index contributed by atoms with van der Waals surface area (Å²) < 4.78 is 7.36. The lowest BCUT2D eigenvalue weighted by atomic mass is 10.3. The topological polar surface area (TPSA) is 56.2 Å². The number of nitrogens with zero attached hydrogens (tertiary/aromatic N) is 2. The van der Waals surface area contributed by atoms with E-state index in [4.69, 9.17) is 4.74 Å². The van der Waals surface area contributed by atoms with Gasteiger partial charge in [0.2, 0.25) is 5.91 Å². The minimum absolute atomic E-state index is 0.0557. The Labute approximate surface area is 128 Å². The minimum atomic E-state index is -0.0557. The first-order chi connectivity index (χ1) is 10.8. The molecule has 0 saturated heterocycles. The summed E-state index contributed by atoms with van der Waals surface area (Å²) in [6.07, 6.45) is 1.69. The summed E-state index contributed by atoms with van der Waals surface area (Å²) in [5, 5.41) is 2.84. The van der Waals surface area contributed by atoms with Gasteiger partial charge >= 0.3 is 0 Å². The third kappa shape index (κ3) is 3.44. The molecule has 112 valence electrons. The van der Waals surface area contributed by atoms with Gasteiger partial charge in [0, 0.05) is 0 Å². The standard InChI is InChI=1S/C17H17N3O2/c21-17(18-10-11-22-14-6-2-1-3-7-14)12-20-13-19-15-8-4-5-9-16(15)20/h1-9,13H,10-12H2,(H,18,21). The summed E-state index contributed by atoms with van der Waals surface area (Å²) in [7, 11) is 0. The van der Waals surface area contributed by atoms with E-state index in [1.165, 1.54) is 0 Å². The molecule has 0 unspecified atom stereocenters. The summed E-state index contributed by atoms with van der Waals surface area (Å²) in [4.78, 5) is 16.2. The Morgan fingerprint density at radius 2 is 1.86 bits per heavy atom. The first kappa shape index (κ1) is 14.1. The predicted octanol–water partition coefficient (Wildman–Crippen LogP) is 2.23. The number of ether oxygens (including phenoxy) is 1. The molecule has 1 heterocycles. The number of para-hydroxylation sites is 3. The van der Waals surface area contributed by atoms with Crippen molar-refractivity contribution in [2.24, 2.45) is 0 Å². The monoisotopic (exact) mass is 295 g/mol. The second-order valence-corrected chi connectivity index (χ2v) is 4.87. The molecule has 1 N–H and O–H groups in total. The van der Waals surface area contributed by atoms with Crippen LogP contribution in [0.4, 0.5) is 0 Å². The van der Waals surface area contributed by atoms with Crippen LogP contribution in [0.3, 0.4) is 0 Å². The molecule has 2 aromatic carbocycles. The Hall–Kier alpha value is -2.82. The molecule has 5 heteroatoms. The number of nitrogens with one attached hydrogen (secondary N) is 1. The van der Waals surface area contributed by atoms with Crippen LogP contribution < -0.4 is 10.1 Å². The molecular weight excluding hydrogens is 278 g/mol. The van der Waals surface area contributed by atoms with Crippen LogP contribution in [-0.2, 0) is 11.3 Å². The number of fused-ring (bicyclic) bond motifs is 1. The molecule has 0 atom stereocenters. The van der Waals surface area contributed by atoms with Crippen molar-refractivity contribution < 1.29 is 9.53 Å². The Morgan fingerprint density at radius 1 is 1.09 bits per heavy atom. The Balaban J connectivity index is 1.47. The van der Waals surface area contributed by atoms with E-state index < -0.39 is 0 Å². The van der Waals surface area contributed by atoms with Gasteiger partial charge in [-0.3, -0.25) is 4.79 Å². The molecule has 0 spiro atoms. The Morgan fingerprint density at radius 3 is 2.73 bits per heavy atom. The van der Waals surface area contributed by atoms with Crippen molar-refractivity contribution in [3.63, 3.8) is 0 Å². The number of rotatable bonds is 6. The average molecular weight is 295 g/mol. The first-order valence-corrected chi connectivity index (χ1v) is 7.17. The largest absolute Gasteiger partial charge is 0.492 e. The van der Waals surface area contributed by atoms with Gasteiger partial charge in [0.1, 0.15) is 18.9 Å². The lowest BCUT2D eigenvalue weighted by molar-refractivity contribution is -0.121. The molecule has 0 saturated carbocycles. The highest BCUT2D eigenvalue weighted by molar-refractivity contribution is 5.80. The van der Waals surface area contributed by atoms with E-state index in [-0.39, 0.29) is 12.5 Å². The fourth-order valence-corrected chi connectivity index (χ4v) is 2.22. The van der Waals surface area contributed by atoms with Crippen LogP contribution in [0.1, 0.15) is 0 Å². The maximum absolute atomic E-state index is 12.0. The van der Waals surface area contributed by atoms with Crippen molar-refractivity contribution in [1.29, 1.82) is 0 Å². The molecule has 0 aliphatic rings. The maximum atomic E-state index is 12.0. The van der Waals surface area contributed by atoms with Gasteiger partial charge in [-0.2, -0.15) is 0 Å². The van der Waals surface area contributed by atoms with Crippen molar-refractivity contribution in [3.8, 4) is 5.75 Å². The summed E-state index contributed by atoms with van der Waals surface area (Å²) in [5.41, 5.74) is 1.85. The fourth-order valence-electron chi connectivity index (χ4n) is 2.22. The molecule has 3 rings (SSSR count). The smallest absolute Gasteiger partial charge is 0.240 e. The molecule has 0 bridgehead atoms. The molecule has 0 radical (unpaired) electrons. The second-order valence-electron chi connectivity index (χ2n) is 4.87. The summed E-state index contributed by atoms with van der Waals surface area (Å²) in [5.74, 6) is 0.747. The van der Waals surface area contributed by atoms with Crippen molar-refractivity contribution >= 4 is 16.9 Å². The van der Waals surface area contributed by atoms with Crippen LogP contribution in [0.15, 0.2) is 60.9 Å². The van der Waals surface area contributed by atoms with E-state index in [2.05, 4.69) is 10.3 Å². The minimum Gasteiger partial charge on any atom is -0.492 e. The predicted molar refractivity (Wildman–Crippen MR) is 84.7 cm³/mol. The van der Waals surface area contributed by atoms with E-state index >= 15 is 0 Å². The molecule has 1 amide bonds. The maximum Gasteiger partial charge on any atom is 0.240 e. The number of hydrogen-bond acceptors (Lipinski definition) is 3. The fraction of sp³-hybridized carbons (Fsp3) is 0.176. The van der Waals surface area contributed by atoms with Crippen molar-refractivity contribution in [3.05, 3.63) is 60.9 Å². The van der Waals surface area contributed by atoms with Crippen LogP contribution >= 0.6 is 0 Å². The number of hydrogen-bond donors (Lipinski definition) is 1. The van der Waals surface area contributed by atoms with Crippen LogP contribution in [0, 0.1) is 0 Å². The molecule has 0 aliphatic carbocycles. The third-order valence-electron chi connectivity index (χ3n) is 3.28. The van der Waals surface area contributed by atoms with E-state index in [9.17, 15) is 4.79 Å². The van der Waals surface area contributed by atoms with Gasteiger partial charge in [-0.25, -0.2) is 4.98 Å². The van der Waals surface area contributed by atoms with Gasteiger partial charge in [-0.05, 0) is 24.3 Å². The molecule has 3 aromatic rings. The Kier molecular flexibility index (Phi) is 4.34. The van der Waals surface area contributed by atoms with Gasteiger partial charge in [0.05, 0.1) is 23.9 Å². The average Bonchev–Trinajstić information content (AvgIpc) is 2.96. The zero-order valence-electron chi connectivity index (χ0n) is 12.1. The number of benzene rings is 2. The highest BCUT2D eigenvalue weighted by atomic mass is 16.5.